The standard InChI is InChI=1S/C16H28N2O5/c1-15(2,3)23-14(21)17-11(13(20)22-6)9-10-7-8-16(4,5)18-12(10)19/h10-11H,7-9H2,1-6H3,(H,17,21)(H,18,19). The Morgan fingerprint density at radius 1 is 1.39 bits per heavy atom. The van der Waals surface area contributed by atoms with Gasteiger partial charge in [0.2, 0.25) is 5.91 Å². The van der Waals surface area contributed by atoms with Gasteiger partial charge in [-0.2, -0.15) is 0 Å². The number of nitrogens with one attached hydrogen (secondary N) is 2. The summed E-state index contributed by atoms with van der Waals surface area (Å²) in [5.41, 5.74) is -0.913. The van der Waals surface area contributed by atoms with Gasteiger partial charge in [-0.05, 0) is 53.9 Å². The van der Waals surface area contributed by atoms with Crippen molar-refractivity contribution in [2.24, 2.45) is 5.92 Å². The largest absolute Gasteiger partial charge is 0.467 e. The normalized spacial score (nSPS) is 21.8. The summed E-state index contributed by atoms with van der Waals surface area (Å²) in [4.78, 5) is 35.9. The topological polar surface area (TPSA) is 93.7 Å². The predicted molar refractivity (Wildman–Crippen MR) is 84.7 cm³/mol. The monoisotopic (exact) mass is 328 g/mol. The number of ether oxygens (including phenoxy) is 2. The minimum absolute atomic E-state index is 0.110. The van der Waals surface area contributed by atoms with Gasteiger partial charge in [-0.25, -0.2) is 9.59 Å². The van der Waals surface area contributed by atoms with Crippen LogP contribution in [0.1, 0.15) is 53.9 Å². The van der Waals surface area contributed by atoms with Gasteiger partial charge in [0.15, 0.2) is 0 Å². The number of alkyl carbamates (subject to hydrolysis) is 1. The molecule has 0 saturated carbocycles. The van der Waals surface area contributed by atoms with E-state index in [9.17, 15) is 14.4 Å². The highest BCUT2D eigenvalue weighted by Crippen LogP contribution is 2.26. The second-order valence-corrected chi connectivity index (χ2v) is 7.57. The van der Waals surface area contributed by atoms with Crippen LogP contribution in [-0.4, -0.2) is 42.3 Å². The number of esters is 1. The van der Waals surface area contributed by atoms with Crippen molar-refractivity contribution in [3.05, 3.63) is 0 Å². The molecule has 132 valence electrons. The molecule has 0 aliphatic carbocycles. The van der Waals surface area contributed by atoms with E-state index in [1.54, 1.807) is 20.8 Å². The van der Waals surface area contributed by atoms with E-state index >= 15 is 0 Å². The molecule has 0 aromatic rings. The summed E-state index contributed by atoms with van der Waals surface area (Å²) < 4.78 is 9.87. The lowest BCUT2D eigenvalue weighted by atomic mass is 9.83. The molecule has 1 aliphatic heterocycles. The van der Waals surface area contributed by atoms with Crippen LogP contribution in [0.15, 0.2) is 0 Å². The fourth-order valence-corrected chi connectivity index (χ4v) is 2.48. The zero-order valence-corrected chi connectivity index (χ0v) is 14.8. The van der Waals surface area contributed by atoms with Gasteiger partial charge in [0.05, 0.1) is 7.11 Å². The zero-order valence-electron chi connectivity index (χ0n) is 14.8. The molecule has 1 rings (SSSR count). The Bertz CT molecular complexity index is 468. The van der Waals surface area contributed by atoms with E-state index in [-0.39, 0.29) is 23.8 Å². The molecule has 0 spiro atoms. The maximum atomic E-state index is 12.2. The molecule has 2 atom stereocenters. The fraction of sp³-hybridized carbons (Fsp3) is 0.812. The Kier molecular flexibility index (Phi) is 6.02. The number of piperidine rings is 1. The SMILES string of the molecule is COC(=O)C(CC1CCC(C)(C)NC1=O)NC(=O)OC(C)(C)C. The van der Waals surface area contributed by atoms with Crippen molar-refractivity contribution in [1.29, 1.82) is 0 Å². The van der Waals surface area contributed by atoms with Gasteiger partial charge in [-0.15, -0.1) is 0 Å². The molecule has 0 aromatic heterocycles. The first-order valence-electron chi connectivity index (χ1n) is 7.83. The van der Waals surface area contributed by atoms with Crippen molar-refractivity contribution < 1.29 is 23.9 Å². The second kappa shape index (κ2) is 7.19. The van der Waals surface area contributed by atoms with E-state index in [1.165, 1.54) is 7.11 Å². The molecule has 0 radical (unpaired) electrons. The fourth-order valence-electron chi connectivity index (χ4n) is 2.48. The van der Waals surface area contributed by atoms with Gasteiger partial charge >= 0.3 is 12.1 Å². The van der Waals surface area contributed by atoms with E-state index in [0.29, 0.717) is 6.42 Å². The summed E-state index contributed by atoms with van der Waals surface area (Å²) in [5.74, 6) is -1.04. The Balaban J connectivity index is 2.71. The average Bonchev–Trinajstić information content (AvgIpc) is 2.37. The van der Waals surface area contributed by atoms with Crippen LogP contribution >= 0.6 is 0 Å². The predicted octanol–water partition coefficient (Wildman–Crippen LogP) is 1.75. The van der Waals surface area contributed by atoms with Gasteiger partial charge in [0, 0.05) is 11.5 Å². The van der Waals surface area contributed by atoms with E-state index in [2.05, 4.69) is 10.6 Å². The lowest BCUT2D eigenvalue weighted by Gasteiger charge is -2.36. The van der Waals surface area contributed by atoms with Crippen LogP contribution < -0.4 is 10.6 Å². The summed E-state index contributed by atoms with van der Waals surface area (Å²) in [6, 6.07) is -0.910. The van der Waals surface area contributed by atoms with Crippen LogP contribution in [0.4, 0.5) is 4.79 Å². The van der Waals surface area contributed by atoms with E-state index < -0.39 is 23.7 Å². The maximum Gasteiger partial charge on any atom is 0.408 e. The highest BCUT2D eigenvalue weighted by molar-refractivity contribution is 5.84. The Hall–Kier alpha value is -1.79. The number of hydrogen-bond donors (Lipinski definition) is 2. The van der Waals surface area contributed by atoms with Gasteiger partial charge < -0.3 is 20.1 Å². The number of hydrogen-bond acceptors (Lipinski definition) is 5. The first kappa shape index (κ1) is 19.3. The molecule has 2 amide bonds. The van der Waals surface area contributed by atoms with Crippen LogP contribution in [-0.2, 0) is 19.1 Å². The van der Waals surface area contributed by atoms with Crippen LogP contribution in [0, 0.1) is 5.92 Å². The molecule has 1 heterocycles. The van der Waals surface area contributed by atoms with Gasteiger partial charge in [0.25, 0.3) is 0 Å². The first-order chi connectivity index (χ1) is 10.4. The first-order valence-corrected chi connectivity index (χ1v) is 7.83. The lowest BCUT2D eigenvalue weighted by Crippen LogP contribution is -2.53. The molecular formula is C16H28N2O5. The second-order valence-electron chi connectivity index (χ2n) is 7.57. The van der Waals surface area contributed by atoms with Crippen LogP contribution in [0.5, 0.6) is 0 Å². The minimum atomic E-state index is -0.910. The van der Waals surface area contributed by atoms with Crippen molar-refractivity contribution in [2.75, 3.05) is 7.11 Å². The van der Waals surface area contributed by atoms with Gasteiger partial charge in [-0.1, -0.05) is 0 Å². The van der Waals surface area contributed by atoms with Crippen LogP contribution in [0.2, 0.25) is 0 Å². The molecule has 1 saturated heterocycles. The molecule has 1 aliphatic rings. The van der Waals surface area contributed by atoms with Crippen molar-refractivity contribution in [3.63, 3.8) is 0 Å². The number of carbonyl (C=O) groups excluding carboxylic acids is 3. The van der Waals surface area contributed by atoms with Crippen LogP contribution in [0.25, 0.3) is 0 Å². The average molecular weight is 328 g/mol. The number of rotatable bonds is 4. The minimum Gasteiger partial charge on any atom is -0.467 e. The van der Waals surface area contributed by atoms with Crippen LogP contribution in [0.3, 0.4) is 0 Å². The molecule has 7 heteroatoms. The highest BCUT2D eigenvalue weighted by Gasteiger charge is 2.36. The molecule has 0 bridgehead atoms. The Labute approximate surface area is 137 Å². The molecule has 2 N–H and O–H groups in total. The van der Waals surface area contributed by atoms with Crippen molar-refractivity contribution in [2.45, 2.75) is 71.1 Å². The van der Waals surface area contributed by atoms with E-state index in [0.717, 1.165) is 6.42 Å². The van der Waals surface area contributed by atoms with Crippen molar-refractivity contribution in [3.8, 4) is 0 Å². The summed E-state index contributed by atoms with van der Waals surface area (Å²) in [6.07, 6.45) is 0.948. The van der Waals surface area contributed by atoms with Crippen molar-refractivity contribution >= 4 is 18.0 Å². The van der Waals surface area contributed by atoms with E-state index in [4.69, 9.17) is 9.47 Å². The highest BCUT2D eigenvalue weighted by atomic mass is 16.6. The molecule has 7 nitrogen and oxygen atoms in total. The molecule has 1 fully saturated rings. The summed E-state index contributed by atoms with van der Waals surface area (Å²) in [7, 11) is 1.25. The molecule has 23 heavy (non-hydrogen) atoms. The lowest BCUT2D eigenvalue weighted by molar-refractivity contribution is -0.144. The molecule has 2 unspecified atom stereocenters. The third-order valence-electron chi connectivity index (χ3n) is 3.65. The van der Waals surface area contributed by atoms with Crippen molar-refractivity contribution in [1.82, 2.24) is 10.6 Å². The number of methoxy groups -OCH3 is 1. The van der Waals surface area contributed by atoms with E-state index in [1.807, 2.05) is 13.8 Å². The summed E-state index contributed by atoms with van der Waals surface area (Å²) in [5, 5.41) is 5.42. The summed E-state index contributed by atoms with van der Waals surface area (Å²) >= 11 is 0. The summed E-state index contributed by atoms with van der Waals surface area (Å²) in [6.45, 7) is 9.11. The maximum absolute atomic E-state index is 12.2. The third kappa shape index (κ3) is 6.46. The number of carbonyl (C=O) groups is 3. The zero-order chi connectivity index (χ0) is 17.8. The smallest absolute Gasteiger partial charge is 0.408 e. The molecule has 0 aromatic carbocycles. The quantitative estimate of drug-likeness (QED) is 0.767. The number of amides is 2. The van der Waals surface area contributed by atoms with Gasteiger partial charge in [-0.3, -0.25) is 4.79 Å². The third-order valence-corrected chi connectivity index (χ3v) is 3.65. The Morgan fingerprint density at radius 3 is 2.48 bits per heavy atom. The Morgan fingerprint density at radius 2 is 2.00 bits per heavy atom. The molecular weight excluding hydrogens is 300 g/mol. The van der Waals surface area contributed by atoms with Gasteiger partial charge in [0.1, 0.15) is 11.6 Å².